The van der Waals surface area contributed by atoms with Crippen molar-refractivity contribution in [3.63, 3.8) is 0 Å². The van der Waals surface area contributed by atoms with Gasteiger partial charge in [0.1, 0.15) is 17.2 Å². The van der Waals surface area contributed by atoms with Gasteiger partial charge in [-0.1, -0.05) is 139 Å². The Morgan fingerprint density at radius 3 is 1.29 bits per heavy atom. The minimum absolute atomic E-state index is 0.353. The Kier molecular flexibility index (Phi) is 7.72. The third kappa shape index (κ3) is 4.89. The molecule has 0 spiro atoms. The van der Waals surface area contributed by atoms with Crippen LogP contribution in [0, 0.1) is 24.8 Å². The van der Waals surface area contributed by atoms with Crippen LogP contribution in [0.5, 0.6) is 0 Å². The van der Waals surface area contributed by atoms with Gasteiger partial charge in [-0.15, -0.1) is 0 Å². The average Bonchev–Trinajstić information content (AvgIpc) is 4.21. The predicted molar refractivity (Wildman–Crippen MR) is 287 cm³/mol. The van der Waals surface area contributed by atoms with Crippen molar-refractivity contribution in [2.75, 3.05) is 0 Å². The van der Waals surface area contributed by atoms with E-state index in [9.17, 15) is 11.8 Å². The molecular formula is C63H36N6O. The molecule has 0 saturated carbocycles. The lowest BCUT2D eigenvalue weighted by atomic mass is 10.0. The van der Waals surface area contributed by atoms with Crippen LogP contribution in [0.25, 0.3) is 137 Å². The molecule has 7 heteroatoms. The van der Waals surface area contributed by atoms with Crippen LogP contribution >= 0.6 is 0 Å². The summed E-state index contributed by atoms with van der Waals surface area (Å²) in [4.78, 5) is 4.69. The van der Waals surface area contributed by atoms with Gasteiger partial charge >= 0.3 is 0 Å². The maximum absolute atomic E-state index is 12.4. The molecule has 0 atom stereocenters. The Bertz CT molecular complexity index is 4720. The maximum Gasteiger partial charge on any atom is 0.237 e. The van der Waals surface area contributed by atoms with Crippen LogP contribution in [0.3, 0.4) is 0 Å². The fraction of sp³-hybridized carbons (Fsp3) is 0.0159. The molecular weight excluding hydrogens is 857 g/mol. The summed E-state index contributed by atoms with van der Waals surface area (Å²) >= 11 is 0. The normalized spacial score (nSPS) is 12.0. The second-order valence-electron chi connectivity index (χ2n) is 18.2. The Labute approximate surface area is 399 Å². The second kappa shape index (κ2) is 14.1. The number of aromatic nitrogens is 4. The van der Waals surface area contributed by atoms with Crippen molar-refractivity contribution >= 4 is 115 Å². The summed E-state index contributed by atoms with van der Waals surface area (Å²) in [5.74, 6) is 0. The molecule has 0 N–H and O–H groups in total. The first-order valence-corrected chi connectivity index (χ1v) is 23.5. The summed E-state index contributed by atoms with van der Waals surface area (Å²) in [6, 6.07) is 72.5. The van der Waals surface area contributed by atoms with Crippen LogP contribution in [0.4, 0.5) is 5.69 Å². The first kappa shape index (κ1) is 38.3. The van der Waals surface area contributed by atoms with Gasteiger partial charge in [-0.25, -0.2) is 4.85 Å². The van der Waals surface area contributed by atoms with Crippen LogP contribution in [0.15, 0.2) is 205 Å². The molecule has 0 aliphatic rings. The number of hydrogen-bond acceptors (Lipinski definition) is 2. The van der Waals surface area contributed by atoms with E-state index in [4.69, 9.17) is 9.26 Å². The second-order valence-corrected chi connectivity index (χ2v) is 18.2. The molecule has 10 aromatic carbocycles. The Hall–Kier alpha value is -9.82. The van der Waals surface area contributed by atoms with E-state index in [1.807, 2.05) is 24.3 Å². The van der Waals surface area contributed by atoms with Gasteiger partial charge in [0, 0.05) is 48.5 Å². The number of furan rings is 1. The molecule has 0 fully saturated rings. The first-order valence-electron chi connectivity index (χ1n) is 23.5. The highest BCUT2D eigenvalue weighted by atomic mass is 16.3. The summed E-state index contributed by atoms with van der Waals surface area (Å²) in [7, 11) is 0. The summed E-state index contributed by atoms with van der Waals surface area (Å²) in [5.41, 5.74) is 13.3. The molecule has 5 heterocycles. The monoisotopic (exact) mass is 892 g/mol. The Morgan fingerprint density at radius 2 is 0.800 bits per heavy atom. The van der Waals surface area contributed by atoms with E-state index in [2.05, 4.69) is 207 Å². The summed E-state index contributed by atoms with van der Waals surface area (Å²) in [6.45, 7) is 11.7. The molecule has 70 heavy (non-hydrogen) atoms. The highest BCUT2D eigenvalue weighted by Crippen LogP contribution is 2.52. The minimum atomic E-state index is 0.353. The van der Waals surface area contributed by atoms with Crippen molar-refractivity contribution in [1.29, 1.82) is 5.26 Å². The average molecular weight is 893 g/mol. The molecule has 0 saturated heterocycles. The van der Waals surface area contributed by atoms with Gasteiger partial charge in [-0.3, -0.25) is 0 Å². The zero-order chi connectivity index (χ0) is 46.4. The van der Waals surface area contributed by atoms with Gasteiger partial charge < -0.3 is 22.7 Å². The Balaban J connectivity index is 1.29. The molecule has 5 aromatic heterocycles. The molecule has 0 aliphatic heterocycles. The third-order valence-corrected chi connectivity index (χ3v) is 14.7. The number of para-hydroxylation sites is 7. The number of aryl methyl sites for hydroxylation is 1. The first-order chi connectivity index (χ1) is 34.6. The van der Waals surface area contributed by atoms with Crippen molar-refractivity contribution in [3.05, 3.63) is 223 Å². The van der Waals surface area contributed by atoms with Crippen molar-refractivity contribution in [3.8, 4) is 28.8 Å². The van der Waals surface area contributed by atoms with E-state index in [1.165, 1.54) is 0 Å². The molecule has 0 aliphatic carbocycles. The van der Waals surface area contributed by atoms with E-state index in [0.717, 1.165) is 115 Å². The molecule has 0 radical (unpaired) electrons. The van der Waals surface area contributed by atoms with Crippen LogP contribution in [0.1, 0.15) is 11.1 Å². The smallest absolute Gasteiger partial charge is 0.237 e. The van der Waals surface area contributed by atoms with Crippen LogP contribution in [0.2, 0.25) is 0 Å². The van der Waals surface area contributed by atoms with E-state index in [0.29, 0.717) is 34.0 Å². The molecule has 7 nitrogen and oxygen atoms in total. The number of hydrogen-bond donors (Lipinski definition) is 0. The minimum Gasteiger partial charge on any atom is -0.455 e. The molecule has 15 rings (SSSR count). The fourth-order valence-electron chi connectivity index (χ4n) is 11.9. The number of nitrogens with zero attached hydrogens (tertiary/aromatic N) is 6. The number of fused-ring (bicyclic) bond motifs is 16. The standard InChI is InChI=1S/C63H36N6O/c1-37-31-33-54-46(35-37)57-55(34-32-45-44-23-9-16-30-56(44)70-63(45)57)69(54)60-47(36-64)59(66-48-24-10-3-17-38(48)39-18-4-11-25-49(39)66)58(65-2)61(67-50-26-12-5-19-40(50)41-20-6-13-27-51(41)67)62(60)68-52-28-14-7-21-42(52)43-22-8-15-29-53(43)68/h3-35H,1H3. The maximum atomic E-state index is 12.4. The van der Waals surface area contributed by atoms with E-state index in [-0.39, 0.29) is 0 Å². The highest BCUT2D eigenvalue weighted by molar-refractivity contribution is 6.25. The zero-order valence-corrected chi connectivity index (χ0v) is 37.6. The van der Waals surface area contributed by atoms with Crippen molar-refractivity contribution in [1.82, 2.24) is 18.3 Å². The number of rotatable bonds is 4. The van der Waals surface area contributed by atoms with Gasteiger partial charge in [0.25, 0.3) is 0 Å². The van der Waals surface area contributed by atoms with Gasteiger partial charge in [-0.2, -0.15) is 5.26 Å². The van der Waals surface area contributed by atoms with Crippen LogP contribution in [-0.4, -0.2) is 18.3 Å². The molecule has 0 bridgehead atoms. The predicted octanol–water partition coefficient (Wildman–Crippen LogP) is 16.7. The quantitative estimate of drug-likeness (QED) is 0.165. The highest BCUT2D eigenvalue weighted by Gasteiger charge is 2.35. The molecule has 0 unspecified atom stereocenters. The van der Waals surface area contributed by atoms with E-state index >= 15 is 0 Å². The SMILES string of the molecule is [C-]#[N+]c1c(-n2c3ccccc3c3ccccc32)c(C#N)c(-n2c3ccc(C)cc3c3c4oc5ccccc5c4ccc32)c(-n2c3ccccc3c3ccccc32)c1-n1c2ccccc2c2ccccc21. The lowest BCUT2D eigenvalue weighted by molar-refractivity contribution is 0.673. The van der Waals surface area contributed by atoms with E-state index in [1.54, 1.807) is 0 Å². The van der Waals surface area contributed by atoms with E-state index < -0.39 is 0 Å². The summed E-state index contributed by atoms with van der Waals surface area (Å²) < 4.78 is 16.0. The van der Waals surface area contributed by atoms with Crippen molar-refractivity contribution < 1.29 is 4.42 Å². The van der Waals surface area contributed by atoms with Crippen LogP contribution in [-0.2, 0) is 0 Å². The third-order valence-electron chi connectivity index (χ3n) is 14.7. The summed E-state index contributed by atoms with van der Waals surface area (Å²) in [5, 5.41) is 22.7. The number of nitriles is 1. The zero-order valence-electron chi connectivity index (χ0n) is 37.6. The molecule has 0 amide bonds. The van der Waals surface area contributed by atoms with Crippen molar-refractivity contribution in [2.45, 2.75) is 6.92 Å². The van der Waals surface area contributed by atoms with Crippen molar-refractivity contribution in [2.24, 2.45) is 0 Å². The largest absolute Gasteiger partial charge is 0.455 e. The number of benzene rings is 10. The lowest BCUT2D eigenvalue weighted by Crippen LogP contribution is -2.14. The van der Waals surface area contributed by atoms with Crippen LogP contribution < -0.4 is 0 Å². The lowest BCUT2D eigenvalue weighted by Gasteiger charge is -2.27. The summed E-state index contributed by atoms with van der Waals surface area (Å²) in [6.07, 6.45) is 0. The van der Waals surface area contributed by atoms with Gasteiger partial charge in [0.05, 0.1) is 84.4 Å². The molecule has 15 aromatic rings. The fourth-order valence-corrected chi connectivity index (χ4v) is 11.9. The van der Waals surface area contributed by atoms with Gasteiger partial charge in [0.2, 0.25) is 5.69 Å². The van der Waals surface area contributed by atoms with Gasteiger partial charge in [0.15, 0.2) is 0 Å². The molecule has 324 valence electrons. The van der Waals surface area contributed by atoms with Gasteiger partial charge in [-0.05, 0) is 73.7 Å². The Morgan fingerprint density at radius 1 is 0.400 bits per heavy atom. The topological polar surface area (TPSA) is 61.0 Å².